The third-order valence-electron chi connectivity index (χ3n) is 2.34. The molecule has 0 heterocycles. The van der Waals surface area contributed by atoms with Crippen molar-refractivity contribution in [2.45, 2.75) is 13.3 Å². The summed E-state index contributed by atoms with van der Waals surface area (Å²) in [4.78, 5) is 21.9. The number of nitrogens with one attached hydrogen (secondary N) is 2. The zero-order valence-corrected chi connectivity index (χ0v) is 10.2. The van der Waals surface area contributed by atoms with Gasteiger partial charge in [-0.15, -0.1) is 0 Å². The Hall–Kier alpha value is -2.24. The molecule has 0 saturated carbocycles. The Morgan fingerprint density at radius 1 is 1.39 bits per heavy atom. The Balaban J connectivity index is 2.51. The lowest BCUT2D eigenvalue weighted by atomic mass is 10.1. The Labute approximate surface area is 105 Å². The van der Waals surface area contributed by atoms with Crippen LogP contribution in [0.5, 0.6) is 0 Å². The average molecular weight is 251 g/mol. The highest BCUT2D eigenvalue weighted by atomic mass is 16.4. The second kappa shape index (κ2) is 6.48. The number of carboxylic acid groups (broad SMARTS) is 1. The van der Waals surface area contributed by atoms with Crippen LogP contribution in [0.4, 0.5) is 11.4 Å². The smallest absolute Gasteiger partial charge is 0.337 e. The van der Waals surface area contributed by atoms with Crippen LogP contribution in [0, 0.1) is 0 Å². The zero-order chi connectivity index (χ0) is 13.5. The first-order valence-corrected chi connectivity index (χ1v) is 5.68. The lowest BCUT2D eigenvalue weighted by Gasteiger charge is -2.08. The molecule has 0 aliphatic carbocycles. The topological polar surface area (TPSA) is 104 Å². The van der Waals surface area contributed by atoms with Crippen molar-refractivity contribution < 1.29 is 14.7 Å². The molecule has 1 amide bonds. The highest BCUT2D eigenvalue weighted by Crippen LogP contribution is 2.17. The third kappa shape index (κ3) is 3.97. The van der Waals surface area contributed by atoms with Gasteiger partial charge < -0.3 is 21.5 Å². The summed E-state index contributed by atoms with van der Waals surface area (Å²) >= 11 is 0. The SMILES string of the molecule is CCNC(=O)CCNc1ccc(C(=O)O)c(N)c1. The molecule has 0 aliphatic rings. The predicted molar refractivity (Wildman–Crippen MR) is 69.6 cm³/mol. The fourth-order valence-corrected chi connectivity index (χ4v) is 1.47. The summed E-state index contributed by atoms with van der Waals surface area (Å²) < 4.78 is 0. The van der Waals surface area contributed by atoms with Gasteiger partial charge in [-0.25, -0.2) is 4.79 Å². The number of rotatable bonds is 6. The van der Waals surface area contributed by atoms with Crippen LogP contribution >= 0.6 is 0 Å². The molecule has 98 valence electrons. The van der Waals surface area contributed by atoms with Gasteiger partial charge in [0.15, 0.2) is 0 Å². The van der Waals surface area contributed by atoms with E-state index >= 15 is 0 Å². The predicted octanol–water partition coefficient (Wildman–Crippen LogP) is 0.905. The van der Waals surface area contributed by atoms with Crippen molar-refractivity contribution in [2.75, 3.05) is 24.1 Å². The van der Waals surface area contributed by atoms with E-state index in [4.69, 9.17) is 10.8 Å². The Morgan fingerprint density at radius 2 is 2.11 bits per heavy atom. The minimum Gasteiger partial charge on any atom is -0.478 e. The first kappa shape index (κ1) is 13.8. The van der Waals surface area contributed by atoms with Gasteiger partial charge in [0.1, 0.15) is 0 Å². The van der Waals surface area contributed by atoms with Crippen molar-refractivity contribution in [2.24, 2.45) is 0 Å². The molecule has 6 nitrogen and oxygen atoms in total. The molecular formula is C12H17N3O3. The van der Waals surface area contributed by atoms with Crippen LogP contribution in [0.1, 0.15) is 23.7 Å². The van der Waals surface area contributed by atoms with E-state index in [9.17, 15) is 9.59 Å². The third-order valence-corrected chi connectivity index (χ3v) is 2.34. The Bertz CT molecular complexity index is 446. The van der Waals surface area contributed by atoms with Crippen LogP contribution in [0.25, 0.3) is 0 Å². The molecule has 0 aliphatic heterocycles. The maximum Gasteiger partial charge on any atom is 0.337 e. The van der Waals surface area contributed by atoms with Gasteiger partial charge in [0.05, 0.1) is 5.56 Å². The summed E-state index contributed by atoms with van der Waals surface area (Å²) in [5, 5.41) is 14.5. The number of aromatic carboxylic acids is 1. The number of nitrogens with two attached hydrogens (primary N) is 1. The summed E-state index contributed by atoms with van der Waals surface area (Å²) in [5.41, 5.74) is 6.57. The quantitative estimate of drug-likeness (QED) is 0.562. The zero-order valence-electron chi connectivity index (χ0n) is 10.2. The molecule has 1 rings (SSSR count). The van der Waals surface area contributed by atoms with Crippen molar-refractivity contribution in [1.29, 1.82) is 0 Å². The standard InChI is InChI=1S/C12H17N3O3/c1-2-14-11(16)5-6-15-8-3-4-9(12(17)18)10(13)7-8/h3-4,7,15H,2,5-6,13H2,1H3,(H,14,16)(H,17,18). The van der Waals surface area contributed by atoms with Crippen LogP contribution in [-0.2, 0) is 4.79 Å². The molecule has 0 bridgehead atoms. The van der Waals surface area contributed by atoms with E-state index < -0.39 is 5.97 Å². The minimum absolute atomic E-state index is 0.0277. The van der Waals surface area contributed by atoms with E-state index in [1.54, 1.807) is 12.1 Å². The average Bonchev–Trinajstić information content (AvgIpc) is 2.29. The number of carbonyl (C=O) groups is 2. The second-order valence-corrected chi connectivity index (χ2v) is 3.74. The summed E-state index contributed by atoms with van der Waals surface area (Å²) in [6, 6.07) is 4.60. The van der Waals surface area contributed by atoms with Crippen LogP contribution in [0.3, 0.4) is 0 Å². The molecule has 1 aromatic carbocycles. The van der Waals surface area contributed by atoms with Crippen LogP contribution < -0.4 is 16.4 Å². The van der Waals surface area contributed by atoms with E-state index in [1.165, 1.54) is 6.07 Å². The lowest BCUT2D eigenvalue weighted by Crippen LogP contribution is -2.24. The molecule has 0 atom stereocenters. The second-order valence-electron chi connectivity index (χ2n) is 3.74. The van der Waals surface area contributed by atoms with Crippen molar-refractivity contribution in [3.8, 4) is 0 Å². The molecule has 1 aromatic rings. The number of hydrogen-bond donors (Lipinski definition) is 4. The molecule has 0 fully saturated rings. The number of carboxylic acids is 1. The van der Waals surface area contributed by atoms with Crippen molar-refractivity contribution >= 4 is 23.3 Å². The van der Waals surface area contributed by atoms with Crippen molar-refractivity contribution in [1.82, 2.24) is 5.32 Å². The van der Waals surface area contributed by atoms with Gasteiger partial charge in [-0.3, -0.25) is 4.79 Å². The summed E-state index contributed by atoms with van der Waals surface area (Å²) in [7, 11) is 0. The normalized spacial score (nSPS) is 9.83. The van der Waals surface area contributed by atoms with Gasteiger partial charge in [0.25, 0.3) is 0 Å². The monoisotopic (exact) mass is 251 g/mol. The number of amides is 1. The van der Waals surface area contributed by atoms with Crippen molar-refractivity contribution in [3.63, 3.8) is 0 Å². The van der Waals surface area contributed by atoms with Crippen LogP contribution in [0.2, 0.25) is 0 Å². The van der Waals surface area contributed by atoms with Gasteiger partial charge in [0, 0.05) is 30.9 Å². The number of hydrogen-bond acceptors (Lipinski definition) is 4. The molecular weight excluding hydrogens is 234 g/mol. The Morgan fingerprint density at radius 3 is 2.67 bits per heavy atom. The van der Waals surface area contributed by atoms with Crippen LogP contribution in [0.15, 0.2) is 18.2 Å². The number of anilines is 2. The molecule has 0 saturated heterocycles. The van der Waals surface area contributed by atoms with Crippen molar-refractivity contribution in [3.05, 3.63) is 23.8 Å². The molecule has 0 spiro atoms. The minimum atomic E-state index is -1.05. The summed E-state index contributed by atoms with van der Waals surface area (Å²) in [5.74, 6) is -1.08. The van der Waals surface area contributed by atoms with E-state index in [0.29, 0.717) is 25.2 Å². The fraction of sp³-hybridized carbons (Fsp3) is 0.333. The van der Waals surface area contributed by atoms with E-state index in [2.05, 4.69) is 10.6 Å². The van der Waals surface area contributed by atoms with E-state index in [-0.39, 0.29) is 17.2 Å². The fourth-order valence-electron chi connectivity index (χ4n) is 1.47. The summed E-state index contributed by atoms with van der Waals surface area (Å²) in [6.45, 7) is 2.94. The highest BCUT2D eigenvalue weighted by Gasteiger charge is 2.07. The van der Waals surface area contributed by atoms with Gasteiger partial charge in [-0.2, -0.15) is 0 Å². The van der Waals surface area contributed by atoms with Gasteiger partial charge >= 0.3 is 5.97 Å². The maximum absolute atomic E-state index is 11.2. The number of benzene rings is 1. The first-order chi connectivity index (χ1) is 8.54. The first-order valence-electron chi connectivity index (χ1n) is 5.68. The molecule has 18 heavy (non-hydrogen) atoms. The van der Waals surface area contributed by atoms with Gasteiger partial charge in [0.2, 0.25) is 5.91 Å². The largest absolute Gasteiger partial charge is 0.478 e. The summed E-state index contributed by atoms with van der Waals surface area (Å²) in [6.07, 6.45) is 0.356. The molecule has 0 radical (unpaired) electrons. The van der Waals surface area contributed by atoms with E-state index in [1.807, 2.05) is 6.92 Å². The van der Waals surface area contributed by atoms with E-state index in [0.717, 1.165) is 0 Å². The number of carbonyl (C=O) groups excluding carboxylic acids is 1. The number of nitrogen functional groups attached to an aromatic ring is 1. The maximum atomic E-state index is 11.2. The van der Waals surface area contributed by atoms with Crippen LogP contribution in [-0.4, -0.2) is 30.1 Å². The molecule has 0 aromatic heterocycles. The molecule has 6 heteroatoms. The molecule has 5 N–H and O–H groups in total. The highest BCUT2D eigenvalue weighted by molar-refractivity contribution is 5.94. The molecule has 0 unspecified atom stereocenters. The van der Waals surface area contributed by atoms with Gasteiger partial charge in [-0.05, 0) is 25.1 Å². The Kier molecular flexibility index (Phi) is 4.98. The lowest BCUT2D eigenvalue weighted by molar-refractivity contribution is -0.120. The van der Waals surface area contributed by atoms with Gasteiger partial charge in [-0.1, -0.05) is 0 Å².